The molecule has 26 heavy (non-hydrogen) atoms. The molecule has 2 heterocycles. The van der Waals surface area contributed by atoms with Crippen LogP contribution < -0.4 is 5.32 Å². The van der Waals surface area contributed by atoms with Crippen molar-refractivity contribution in [1.29, 1.82) is 0 Å². The van der Waals surface area contributed by atoms with E-state index in [-0.39, 0.29) is 18.2 Å². The van der Waals surface area contributed by atoms with Crippen molar-refractivity contribution in [1.82, 2.24) is 5.32 Å². The highest BCUT2D eigenvalue weighted by Gasteiger charge is 2.15. The van der Waals surface area contributed by atoms with Crippen molar-refractivity contribution in [3.8, 4) is 11.3 Å². The van der Waals surface area contributed by atoms with Gasteiger partial charge in [-0.05, 0) is 29.8 Å². The summed E-state index contributed by atoms with van der Waals surface area (Å²) in [5.74, 6) is 0.642. The SMILES string of the molecule is O=C(NCC(O)c1ccc(-c2ccco2)cc1)c1cc2ccccc2o1. The molecule has 2 N–H and O–H groups in total. The molecule has 4 aromatic rings. The molecule has 0 aliphatic carbocycles. The Labute approximate surface area is 149 Å². The monoisotopic (exact) mass is 347 g/mol. The van der Waals surface area contributed by atoms with Gasteiger partial charge in [0.2, 0.25) is 0 Å². The molecule has 0 saturated heterocycles. The van der Waals surface area contributed by atoms with Crippen molar-refractivity contribution in [3.63, 3.8) is 0 Å². The third-order valence-electron chi connectivity index (χ3n) is 4.21. The van der Waals surface area contributed by atoms with E-state index in [2.05, 4.69) is 5.32 Å². The standard InChI is InChI=1S/C21H17NO4/c23-17(14-7-9-15(10-8-14)18-6-3-11-25-18)13-22-21(24)20-12-16-4-1-2-5-19(16)26-20/h1-12,17,23H,13H2,(H,22,24). The molecule has 0 aliphatic rings. The van der Waals surface area contributed by atoms with Crippen LogP contribution in [0.1, 0.15) is 22.2 Å². The van der Waals surface area contributed by atoms with Gasteiger partial charge in [-0.25, -0.2) is 0 Å². The first-order valence-corrected chi connectivity index (χ1v) is 8.29. The minimum atomic E-state index is -0.811. The van der Waals surface area contributed by atoms with Gasteiger partial charge in [0, 0.05) is 17.5 Å². The summed E-state index contributed by atoms with van der Waals surface area (Å²) >= 11 is 0. The number of rotatable bonds is 5. The van der Waals surface area contributed by atoms with Crippen molar-refractivity contribution < 1.29 is 18.7 Å². The summed E-state index contributed by atoms with van der Waals surface area (Å²) in [4.78, 5) is 12.2. The number of furan rings is 2. The highest BCUT2D eigenvalue weighted by molar-refractivity contribution is 5.96. The van der Waals surface area contributed by atoms with E-state index in [9.17, 15) is 9.90 Å². The number of para-hydroxylation sites is 1. The molecule has 4 rings (SSSR count). The molecule has 130 valence electrons. The number of amides is 1. The van der Waals surface area contributed by atoms with E-state index < -0.39 is 6.10 Å². The summed E-state index contributed by atoms with van der Waals surface area (Å²) in [6.45, 7) is 0.0932. The summed E-state index contributed by atoms with van der Waals surface area (Å²) in [5, 5.41) is 13.9. The number of aliphatic hydroxyl groups is 1. The molecule has 2 aromatic carbocycles. The van der Waals surface area contributed by atoms with Crippen LogP contribution >= 0.6 is 0 Å². The zero-order valence-corrected chi connectivity index (χ0v) is 13.9. The molecule has 1 atom stereocenters. The zero-order chi connectivity index (χ0) is 17.9. The smallest absolute Gasteiger partial charge is 0.287 e. The lowest BCUT2D eigenvalue weighted by Crippen LogP contribution is -2.28. The summed E-state index contributed by atoms with van der Waals surface area (Å²) < 4.78 is 10.9. The average molecular weight is 347 g/mol. The lowest BCUT2D eigenvalue weighted by molar-refractivity contribution is 0.0891. The number of hydrogen-bond donors (Lipinski definition) is 2. The molecular weight excluding hydrogens is 330 g/mol. The summed E-state index contributed by atoms with van der Waals surface area (Å²) in [6.07, 6.45) is 0.806. The van der Waals surface area contributed by atoms with Gasteiger partial charge in [-0.2, -0.15) is 0 Å². The lowest BCUT2D eigenvalue weighted by atomic mass is 10.1. The van der Waals surface area contributed by atoms with E-state index in [1.807, 2.05) is 60.7 Å². The molecule has 1 amide bonds. The zero-order valence-electron chi connectivity index (χ0n) is 13.9. The van der Waals surface area contributed by atoms with Gasteiger partial charge in [0.15, 0.2) is 5.76 Å². The average Bonchev–Trinajstić information content (AvgIpc) is 3.35. The molecule has 5 heteroatoms. The topological polar surface area (TPSA) is 75.6 Å². The normalized spacial score (nSPS) is 12.2. The Bertz CT molecular complexity index is 983. The van der Waals surface area contributed by atoms with E-state index >= 15 is 0 Å². The van der Waals surface area contributed by atoms with Gasteiger partial charge in [-0.3, -0.25) is 4.79 Å². The van der Waals surface area contributed by atoms with Crippen LogP contribution in [0.4, 0.5) is 0 Å². The third kappa shape index (κ3) is 3.25. The summed E-state index contributed by atoms with van der Waals surface area (Å²) in [5.41, 5.74) is 2.30. The largest absolute Gasteiger partial charge is 0.464 e. The Balaban J connectivity index is 1.40. The van der Waals surface area contributed by atoms with E-state index in [0.29, 0.717) is 11.1 Å². The Morgan fingerprint density at radius 1 is 1.04 bits per heavy atom. The van der Waals surface area contributed by atoms with Crippen LogP contribution in [0, 0.1) is 0 Å². The molecule has 0 fully saturated rings. The molecule has 0 spiro atoms. The van der Waals surface area contributed by atoms with Crippen LogP contribution in [0.5, 0.6) is 0 Å². The summed E-state index contributed by atoms with van der Waals surface area (Å²) in [7, 11) is 0. The highest BCUT2D eigenvalue weighted by atomic mass is 16.3. The van der Waals surface area contributed by atoms with Gasteiger partial charge < -0.3 is 19.3 Å². The van der Waals surface area contributed by atoms with Gasteiger partial charge in [0.05, 0.1) is 12.4 Å². The van der Waals surface area contributed by atoms with Crippen LogP contribution in [0.2, 0.25) is 0 Å². The van der Waals surface area contributed by atoms with E-state index in [0.717, 1.165) is 16.7 Å². The van der Waals surface area contributed by atoms with Crippen molar-refractivity contribution in [2.75, 3.05) is 6.54 Å². The van der Waals surface area contributed by atoms with Gasteiger partial charge in [-0.1, -0.05) is 42.5 Å². The second kappa shape index (κ2) is 6.90. The minimum Gasteiger partial charge on any atom is -0.464 e. The first-order chi connectivity index (χ1) is 12.7. The van der Waals surface area contributed by atoms with Crippen LogP contribution in [-0.2, 0) is 0 Å². The molecule has 1 unspecified atom stereocenters. The van der Waals surface area contributed by atoms with Gasteiger partial charge in [0.1, 0.15) is 11.3 Å². The van der Waals surface area contributed by atoms with Gasteiger partial charge >= 0.3 is 0 Å². The van der Waals surface area contributed by atoms with Crippen molar-refractivity contribution in [2.45, 2.75) is 6.10 Å². The van der Waals surface area contributed by atoms with Crippen molar-refractivity contribution >= 4 is 16.9 Å². The number of nitrogens with one attached hydrogen (secondary N) is 1. The number of hydrogen-bond acceptors (Lipinski definition) is 4. The Hall–Kier alpha value is -3.31. The molecule has 0 radical (unpaired) electrons. The van der Waals surface area contributed by atoms with E-state index in [4.69, 9.17) is 8.83 Å². The number of benzene rings is 2. The van der Waals surface area contributed by atoms with Gasteiger partial charge in [-0.15, -0.1) is 0 Å². The number of carbonyl (C=O) groups excluding carboxylic acids is 1. The van der Waals surface area contributed by atoms with Crippen LogP contribution in [-0.4, -0.2) is 17.6 Å². The second-order valence-corrected chi connectivity index (χ2v) is 5.97. The quantitative estimate of drug-likeness (QED) is 0.568. The van der Waals surface area contributed by atoms with Crippen molar-refractivity contribution in [3.05, 3.63) is 84.3 Å². The maximum Gasteiger partial charge on any atom is 0.287 e. The number of fused-ring (bicyclic) bond motifs is 1. The van der Waals surface area contributed by atoms with Crippen LogP contribution in [0.15, 0.2) is 81.8 Å². The predicted molar refractivity (Wildman–Crippen MR) is 97.7 cm³/mol. The highest BCUT2D eigenvalue weighted by Crippen LogP contribution is 2.22. The summed E-state index contributed by atoms with van der Waals surface area (Å²) in [6, 6.07) is 20.2. The second-order valence-electron chi connectivity index (χ2n) is 5.97. The lowest BCUT2D eigenvalue weighted by Gasteiger charge is -2.12. The van der Waals surface area contributed by atoms with Crippen LogP contribution in [0.3, 0.4) is 0 Å². The fourth-order valence-corrected chi connectivity index (χ4v) is 2.80. The Kier molecular flexibility index (Phi) is 4.29. The molecule has 2 aromatic heterocycles. The molecule has 0 aliphatic heterocycles. The molecule has 5 nitrogen and oxygen atoms in total. The Morgan fingerprint density at radius 3 is 2.58 bits per heavy atom. The minimum absolute atomic E-state index is 0.0932. The first kappa shape index (κ1) is 16.2. The van der Waals surface area contributed by atoms with Gasteiger partial charge in [0.25, 0.3) is 5.91 Å². The van der Waals surface area contributed by atoms with E-state index in [1.165, 1.54) is 0 Å². The number of aliphatic hydroxyl groups excluding tert-OH is 1. The molecule has 0 bridgehead atoms. The van der Waals surface area contributed by atoms with Crippen molar-refractivity contribution in [2.24, 2.45) is 0 Å². The fourth-order valence-electron chi connectivity index (χ4n) is 2.80. The predicted octanol–water partition coefficient (Wildman–Crippen LogP) is 4.16. The molecular formula is C21H17NO4. The first-order valence-electron chi connectivity index (χ1n) is 8.29. The van der Waals surface area contributed by atoms with Crippen LogP contribution in [0.25, 0.3) is 22.3 Å². The molecule has 0 saturated carbocycles. The fraction of sp³-hybridized carbons (Fsp3) is 0.0952. The maximum atomic E-state index is 12.2. The Morgan fingerprint density at radius 2 is 1.85 bits per heavy atom. The van der Waals surface area contributed by atoms with E-state index in [1.54, 1.807) is 12.3 Å². The number of carbonyl (C=O) groups is 1. The maximum absolute atomic E-state index is 12.2. The third-order valence-corrected chi connectivity index (χ3v) is 4.21.